The Morgan fingerprint density at radius 3 is 2.23 bits per heavy atom. The number of ether oxygens (including phenoxy) is 1. The van der Waals surface area contributed by atoms with E-state index in [1.807, 2.05) is 0 Å². The average molecular weight is 313 g/mol. The SMILES string of the molecule is CC(C)(C)OC(=O)NC(=O)CN(CC(N)=O)C1CCCCC1. The third-order valence-corrected chi connectivity index (χ3v) is 3.44. The van der Waals surface area contributed by atoms with Crippen LogP contribution in [0.1, 0.15) is 52.9 Å². The van der Waals surface area contributed by atoms with E-state index in [9.17, 15) is 14.4 Å². The molecular formula is C15H27N3O4. The number of hydrogen-bond acceptors (Lipinski definition) is 5. The van der Waals surface area contributed by atoms with Crippen LogP contribution in [0.4, 0.5) is 4.79 Å². The molecule has 3 amide bonds. The number of alkyl carbamates (subject to hydrolysis) is 1. The molecule has 0 aromatic rings. The molecule has 0 aromatic heterocycles. The van der Waals surface area contributed by atoms with Gasteiger partial charge in [0.05, 0.1) is 13.1 Å². The number of nitrogens with zero attached hydrogens (tertiary/aromatic N) is 1. The van der Waals surface area contributed by atoms with Gasteiger partial charge in [-0.1, -0.05) is 19.3 Å². The Labute approximate surface area is 131 Å². The molecule has 7 nitrogen and oxygen atoms in total. The molecule has 0 unspecified atom stereocenters. The van der Waals surface area contributed by atoms with Crippen LogP contribution in [-0.2, 0) is 14.3 Å². The van der Waals surface area contributed by atoms with Gasteiger partial charge in [0, 0.05) is 6.04 Å². The fourth-order valence-electron chi connectivity index (χ4n) is 2.60. The van der Waals surface area contributed by atoms with E-state index in [2.05, 4.69) is 5.32 Å². The number of imide groups is 1. The van der Waals surface area contributed by atoms with Gasteiger partial charge >= 0.3 is 6.09 Å². The zero-order valence-corrected chi connectivity index (χ0v) is 13.7. The molecule has 3 N–H and O–H groups in total. The van der Waals surface area contributed by atoms with E-state index in [4.69, 9.17) is 10.5 Å². The van der Waals surface area contributed by atoms with Crippen molar-refractivity contribution in [3.05, 3.63) is 0 Å². The molecule has 0 bridgehead atoms. The van der Waals surface area contributed by atoms with Crippen LogP contribution in [0, 0.1) is 0 Å². The van der Waals surface area contributed by atoms with E-state index in [1.165, 1.54) is 6.42 Å². The van der Waals surface area contributed by atoms with Gasteiger partial charge in [-0.25, -0.2) is 4.79 Å². The molecular weight excluding hydrogens is 286 g/mol. The second-order valence-electron chi connectivity index (χ2n) is 6.71. The van der Waals surface area contributed by atoms with Gasteiger partial charge in [0.1, 0.15) is 5.60 Å². The van der Waals surface area contributed by atoms with Crippen LogP contribution in [0.2, 0.25) is 0 Å². The topological polar surface area (TPSA) is 102 Å². The van der Waals surface area contributed by atoms with E-state index >= 15 is 0 Å². The van der Waals surface area contributed by atoms with Crippen molar-refractivity contribution < 1.29 is 19.1 Å². The van der Waals surface area contributed by atoms with E-state index in [0.717, 1.165) is 25.7 Å². The number of rotatable bonds is 5. The van der Waals surface area contributed by atoms with Crippen LogP contribution >= 0.6 is 0 Å². The zero-order valence-electron chi connectivity index (χ0n) is 13.7. The lowest BCUT2D eigenvalue weighted by Crippen LogP contribution is -2.48. The first kappa shape index (κ1) is 18.4. The summed E-state index contributed by atoms with van der Waals surface area (Å²) in [6.07, 6.45) is 4.42. The summed E-state index contributed by atoms with van der Waals surface area (Å²) in [6.45, 7) is 5.15. The fraction of sp³-hybridized carbons (Fsp3) is 0.800. The lowest BCUT2D eigenvalue weighted by Gasteiger charge is -2.32. The Hall–Kier alpha value is -1.63. The highest BCUT2D eigenvalue weighted by Crippen LogP contribution is 2.22. The normalized spacial score (nSPS) is 16.4. The number of amides is 3. The van der Waals surface area contributed by atoms with Gasteiger partial charge in [-0.05, 0) is 33.6 Å². The highest BCUT2D eigenvalue weighted by Gasteiger charge is 2.25. The van der Waals surface area contributed by atoms with Crippen LogP contribution in [0.3, 0.4) is 0 Å². The summed E-state index contributed by atoms with van der Waals surface area (Å²) in [5.41, 5.74) is 4.59. The number of primary amides is 1. The maximum Gasteiger partial charge on any atom is 0.414 e. The molecule has 1 rings (SSSR count). The molecule has 0 atom stereocenters. The largest absolute Gasteiger partial charge is 0.444 e. The molecule has 1 saturated carbocycles. The molecule has 1 aliphatic carbocycles. The van der Waals surface area contributed by atoms with Gasteiger partial charge in [0.25, 0.3) is 0 Å². The van der Waals surface area contributed by atoms with Crippen molar-refractivity contribution in [2.75, 3.05) is 13.1 Å². The van der Waals surface area contributed by atoms with Crippen LogP contribution in [-0.4, -0.2) is 47.5 Å². The predicted molar refractivity (Wildman–Crippen MR) is 82.0 cm³/mol. The molecule has 1 aliphatic rings. The third kappa shape index (κ3) is 7.40. The van der Waals surface area contributed by atoms with Crippen molar-refractivity contribution in [3.63, 3.8) is 0 Å². The minimum atomic E-state index is -0.778. The molecule has 0 spiro atoms. The number of hydrogen-bond donors (Lipinski definition) is 2. The lowest BCUT2D eigenvalue weighted by molar-refractivity contribution is -0.124. The smallest absolute Gasteiger partial charge is 0.414 e. The second kappa shape index (κ2) is 8.12. The fourth-order valence-corrected chi connectivity index (χ4v) is 2.60. The van der Waals surface area contributed by atoms with E-state index in [0.29, 0.717) is 0 Å². The van der Waals surface area contributed by atoms with Crippen LogP contribution < -0.4 is 11.1 Å². The molecule has 0 saturated heterocycles. The Balaban J connectivity index is 2.55. The Bertz CT molecular complexity index is 412. The Morgan fingerprint density at radius 2 is 1.73 bits per heavy atom. The molecule has 1 fully saturated rings. The Morgan fingerprint density at radius 1 is 1.14 bits per heavy atom. The van der Waals surface area contributed by atoms with Gasteiger partial charge in [-0.15, -0.1) is 0 Å². The molecule has 0 aliphatic heterocycles. The van der Waals surface area contributed by atoms with Gasteiger partial charge < -0.3 is 10.5 Å². The predicted octanol–water partition coefficient (Wildman–Crippen LogP) is 1.16. The lowest BCUT2D eigenvalue weighted by atomic mass is 9.94. The zero-order chi connectivity index (χ0) is 16.8. The summed E-state index contributed by atoms with van der Waals surface area (Å²) in [6, 6.07) is 0.158. The van der Waals surface area contributed by atoms with Gasteiger partial charge in [-0.3, -0.25) is 19.8 Å². The van der Waals surface area contributed by atoms with Crippen molar-refractivity contribution >= 4 is 17.9 Å². The molecule has 7 heteroatoms. The molecule has 0 aromatic carbocycles. The van der Waals surface area contributed by atoms with Crippen LogP contribution in [0.5, 0.6) is 0 Å². The first-order valence-corrected chi connectivity index (χ1v) is 7.72. The minimum absolute atomic E-state index is 0.0202. The van der Waals surface area contributed by atoms with Crippen molar-refractivity contribution in [3.8, 4) is 0 Å². The quantitative estimate of drug-likeness (QED) is 0.793. The summed E-state index contributed by atoms with van der Waals surface area (Å²) < 4.78 is 5.04. The van der Waals surface area contributed by atoms with Crippen molar-refractivity contribution in [1.82, 2.24) is 10.2 Å². The van der Waals surface area contributed by atoms with E-state index in [-0.39, 0.29) is 19.1 Å². The summed E-state index contributed by atoms with van der Waals surface area (Å²) >= 11 is 0. The summed E-state index contributed by atoms with van der Waals surface area (Å²) in [7, 11) is 0. The third-order valence-electron chi connectivity index (χ3n) is 3.44. The molecule has 0 radical (unpaired) electrons. The highest BCUT2D eigenvalue weighted by molar-refractivity contribution is 5.93. The van der Waals surface area contributed by atoms with E-state index < -0.39 is 23.5 Å². The van der Waals surface area contributed by atoms with Gasteiger partial charge in [0.15, 0.2) is 0 Å². The van der Waals surface area contributed by atoms with Crippen molar-refractivity contribution in [2.45, 2.75) is 64.5 Å². The molecule has 22 heavy (non-hydrogen) atoms. The van der Waals surface area contributed by atoms with E-state index in [1.54, 1.807) is 25.7 Å². The van der Waals surface area contributed by atoms with Crippen molar-refractivity contribution in [2.24, 2.45) is 5.73 Å². The Kier molecular flexibility index (Phi) is 6.80. The number of carbonyl (C=O) groups excluding carboxylic acids is 3. The monoisotopic (exact) mass is 313 g/mol. The first-order valence-electron chi connectivity index (χ1n) is 7.72. The standard InChI is InChI=1S/C15H27N3O4/c1-15(2,3)22-14(21)17-13(20)10-18(9-12(16)19)11-7-5-4-6-8-11/h11H,4-10H2,1-3H3,(H2,16,19)(H,17,20,21). The summed E-state index contributed by atoms with van der Waals surface area (Å²) in [5.74, 6) is -0.961. The second-order valence-corrected chi connectivity index (χ2v) is 6.71. The number of nitrogens with one attached hydrogen (secondary N) is 1. The molecule has 0 heterocycles. The van der Waals surface area contributed by atoms with Gasteiger partial charge in [0.2, 0.25) is 11.8 Å². The average Bonchev–Trinajstić information content (AvgIpc) is 2.35. The van der Waals surface area contributed by atoms with Crippen LogP contribution in [0.25, 0.3) is 0 Å². The maximum absolute atomic E-state index is 12.0. The first-order chi connectivity index (χ1) is 10.2. The maximum atomic E-state index is 12.0. The minimum Gasteiger partial charge on any atom is -0.444 e. The molecule has 126 valence electrons. The van der Waals surface area contributed by atoms with Gasteiger partial charge in [-0.2, -0.15) is 0 Å². The number of nitrogens with two attached hydrogens (primary N) is 1. The number of carbonyl (C=O) groups is 3. The summed E-state index contributed by atoms with van der Waals surface area (Å²) in [4.78, 5) is 36.5. The van der Waals surface area contributed by atoms with Crippen LogP contribution in [0.15, 0.2) is 0 Å². The highest BCUT2D eigenvalue weighted by atomic mass is 16.6. The summed E-state index contributed by atoms with van der Waals surface area (Å²) in [5, 5.41) is 2.19. The van der Waals surface area contributed by atoms with Crippen molar-refractivity contribution in [1.29, 1.82) is 0 Å².